The summed E-state index contributed by atoms with van der Waals surface area (Å²) in [5.74, 6) is 2.40. The molecule has 1 unspecified atom stereocenters. The molecule has 0 amide bonds. The van der Waals surface area contributed by atoms with Gasteiger partial charge in [0.15, 0.2) is 5.96 Å². The Bertz CT molecular complexity index is 734. The van der Waals surface area contributed by atoms with E-state index in [2.05, 4.69) is 39.5 Å². The van der Waals surface area contributed by atoms with Crippen LogP contribution in [0.15, 0.2) is 9.79 Å². The van der Waals surface area contributed by atoms with Crippen molar-refractivity contribution in [1.82, 2.24) is 29.9 Å². The zero-order valence-electron chi connectivity index (χ0n) is 18.9. The molecule has 2 aliphatic rings. The lowest BCUT2D eigenvalue weighted by molar-refractivity contribution is 0.0132. The Morgan fingerprint density at radius 3 is 2.70 bits per heavy atom. The number of hydrogen-bond donors (Lipinski definition) is 2. The number of hydrogen-bond acceptors (Lipinski definition) is 5. The van der Waals surface area contributed by atoms with Crippen molar-refractivity contribution in [2.45, 2.75) is 65.1 Å². The van der Waals surface area contributed by atoms with Crippen molar-refractivity contribution in [2.24, 2.45) is 10.9 Å². The third-order valence-electron chi connectivity index (χ3n) is 5.90. The molecule has 2 N–H and O–H groups in total. The summed E-state index contributed by atoms with van der Waals surface area (Å²) in [4.78, 5) is 19.3. The Morgan fingerprint density at radius 2 is 2.00 bits per heavy atom. The van der Waals surface area contributed by atoms with Crippen molar-refractivity contribution >= 4 is 5.96 Å². The lowest BCUT2D eigenvalue weighted by atomic mass is 10.0. The van der Waals surface area contributed by atoms with Gasteiger partial charge < -0.3 is 15.4 Å². The number of aliphatic imine (C=N–C) groups is 1. The fourth-order valence-electron chi connectivity index (χ4n) is 4.31. The smallest absolute Gasteiger partial charge is 0.345 e. The number of nitrogens with zero attached hydrogens (tertiary/aromatic N) is 5. The second-order valence-electron chi connectivity index (χ2n) is 8.70. The minimum atomic E-state index is 0.0363. The summed E-state index contributed by atoms with van der Waals surface area (Å²) < 4.78 is 8.96. The Hall–Kier alpha value is -1.87. The predicted molar refractivity (Wildman–Crippen MR) is 119 cm³/mol. The summed E-state index contributed by atoms with van der Waals surface area (Å²) in [6.07, 6.45) is 5.10. The van der Waals surface area contributed by atoms with E-state index in [0.717, 1.165) is 89.8 Å². The van der Waals surface area contributed by atoms with Gasteiger partial charge in [0, 0.05) is 58.8 Å². The zero-order valence-corrected chi connectivity index (χ0v) is 18.9. The van der Waals surface area contributed by atoms with Gasteiger partial charge in [-0.1, -0.05) is 13.8 Å². The first-order valence-corrected chi connectivity index (χ1v) is 11.5. The van der Waals surface area contributed by atoms with E-state index in [1.165, 1.54) is 0 Å². The average molecular weight is 422 g/mol. The first kappa shape index (κ1) is 22.8. The fraction of sp³-hybridized carbons (Fsp3) is 0.857. The van der Waals surface area contributed by atoms with Crippen LogP contribution in [-0.2, 0) is 24.2 Å². The first-order valence-electron chi connectivity index (χ1n) is 11.5. The largest absolute Gasteiger partial charge is 0.379 e. The average Bonchev–Trinajstić information content (AvgIpc) is 3.08. The molecule has 3 rings (SSSR count). The maximum absolute atomic E-state index is 12.4. The van der Waals surface area contributed by atoms with Gasteiger partial charge in [-0.05, 0) is 31.6 Å². The third-order valence-corrected chi connectivity index (χ3v) is 5.90. The number of morpholine rings is 1. The van der Waals surface area contributed by atoms with Gasteiger partial charge in [-0.25, -0.2) is 9.48 Å². The quantitative estimate of drug-likeness (QED) is 0.346. The lowest BCUT2D eigenvalue weighted by Crippen LogP contribution is -2.51. The van der Waals surface area contributed by atoms with Crippen LogP contribution in [0.1, 0.15) is 45.4 Å². The third kappa shape index (κ3) is 6.31. The molecule has 9 nitrogen and oxygen atoms in total. The van der Waals surface area contributed by atoms with E-state index in [1.807, 2.05) is 4.57 Å². The van der Waals surface area contributed by atoms with Gasteiger partial charge in [-0.2, -0.15) is 5.10 Å². The predicted octanol–water partition coefficient (Wildman–Crippen LogP) is 0.683. The van der Waals surface area contributed by atoms with E-state index >= 15 is 0 Å². The van der Waals surface area contributed by atoms with Gasteiger partial charge in [-0.15, -0.1) is 0 Å². The highest BCUT2D eigenvalue weighted by Gasteiger charge is 2.22. The van der Waals surface area contributed by atoms with E-state index in [9.17, 15) is 4.79 Å². The topological polar surface area (TPSA) is 88.7 Å². The van der Waals surface area contributed by atoms with Crippen LogP contribution in [0.25, 0.3) is 0 Å². The Morgan fingerprint density at radius 1 is 1.20 bits per heavy atom. The maximum atomic E-state index is 12.4. The molecule has 30 heavy (non-hydrogen) atoms. The second kappa shape index (κ2) is 11.5. The van der Waals surface area contributed by atoms with Crippen molar-refractivity contribution in [3.05, 3.63) is 16.3 Å². The first-order chi connectivity index (χ1) is 14.6. The molecule has 0 aromatic carbocycles. The van der Waals surface area contributed by atoms with Crippen molar-refractivity contribution < 1.29 is 4.74 Å². The standard InChI is InChI=1S/C21H39N7O2/c1-17(2)15-18(26-11-13-30-14-12-26)16-24-20(22-3)23-8-6-10-28-21(29)27-9-5-4-7-19(27)25-28/h17-18H,4-16H2,1-3H3,(H2,22,23,24). The number of nitrogens with one attached hydrogen (secondary N) is 2. The molecular formula is C21H39N7O2. The van der Waals surface area contributed by atoms with E-state index in [1.54, 1.807) is 11.7 Å². The number of aromatic nitrogens is 3. The molecule has 1 aromatic heterocycles. The molecule has 1 saturated heterocycles. The molecule has 0 aliphatic carbocycles. The van der Waals surface area contributed by atoms with E-state index in [0.29, 0.717) is 18.5 Å². The highest BCUT2D eigenvalue weighted by Crippen LogP contribution is 2.13. The molecule has 0 saturated carbocycles. The molecule has 2 aliphatic heterocycles. The van der Waals surface area contributed by atoms with Crippen LogP contribution < -0.4 is 16.3 Å². The van der Waals surface area contributed by atoms with E-state index in [4.69, 9.17) is 4.74 Å². The summed E-state index contributed by atoms with van der Waals surface area (Å²) in [7, 11) is 1.80. The fourth-order valence-corrected chi connectivity index (χ4v) is 4.31. The number of aryl methyl sites for hydroxylation is 2. The molecule has 1 aromatic rings. The van der Waals surface area contributed by atoms with Crippen molar-refractivity contribution in [3.8, 4) is 0 Å². The molecule has 0 radical (unpaired) electrons. The normalized spacial score (nSPS) is 19.0. The number of guanidine groups is 1. The van der Waals surface area contributed by atoms with E-state index in [-0.39, 0.29) is 5.69 Å². The molecular weight excluding hydrogens is 382 g/mol. The summed E-state index contributed by atoms with van der Waals surface area (Å²) in [5.41, 5.74) is 0.0363. The van der Waals surface area contributed by atoms with Crippen molar-refractivity contribution in [1.29, 1.82) is 0 Å². The van der Waals surface area contributed by atoms with Crippen LogP contribution in [0, 0.1) is 5.92 Å². The van der Waals surface area contributed by atoms with Gasteiger partial charge in [0.2, 0.25) is 0 Å². The van der Waals surface area contributed by atoms with Crippen LogP contribution in [0.4, 0.5) is 0 Å². The molecule has 170 valence electrons. The molecule has 0 spiro atoms. The minimum absolute atomic E-state index is 0.0363. The molecule has 9 heteroatoms. The number of fused-ring (bicyclic) bond motifs is 1. The lowest BCUT2D eigenvalue weighted by Gasteiger charge is -2.35. The second-order valence-corrected chi connectivity index (χ2v) is 8.70. The molecule has 1 fully saturated rings. The summed E-state index contributed by atoms with van der Waals surface area (Å²) in [5, 5.41) is 11.4. The molecule has 1 atom stereocenters. The summed E-state index contributed by atoms with van der Waals surface area (Å²) in [6, 6.07) is 0.475. The van der Waals surface area contributed by atoms with Crippen LogP contribution in [0.2, 0.25) is 0 Å². The van der Waals surface area contributed by atoms with Crippen molar-refractivity contribution in [2.75, 3.05) is 46.4 Å². The van der Waals surface area contributed by atoms with Crippen LogP contribution in [0.5, 0.6) is 0 Å². The zero-order chi connectivity index (χ0) is 21.3. The van der Waals surface area contributed by atoms with Gasteiger partial charge in [0.1, 0.15) is 5.82 Å². The minimum Gasteiger partial charge on any atom is -0.379 e. The SMILES string of the molecule is CN=C(NCCCn1nc2n(c1=O)CCCC2)NCC(CC(C)C)N1CCOCC1. The van der Waals surface area contributed by atoms with Crippen molar-refractivity contribution in [3.63, 3.8) is 0 Å². The Kier molecular flexibility index (Phi) is 8.74. The highest BCUT2D eigenvalue weighted by molar-refractivity contribution is 5.79. The molecule has 0 bridgehead atoms. The van der Waals surface area contributed by atoms with Crippen LogP contribution in [0.3, 0.4) is 0 Å². The van der Waals surface area contributed by atoms with E-state index < -0.39 is 0 Å². The summed E-state index contributed by atoms with van der Waals surface area (Å²) >= 11 is 0. The number of ether oxygens (including phenoxy) is 1. The van der Waals surface area contributed by atoms with Gasteiger partial charge in [0.25, 0.3) is 0 Å². The van der Waals surface area contributed by atoms with Crippen LogP contribution in [-0.4, -0.2) is 77.7 Å². The maximum Gasteiger partial charge on any atom is 0.345 e. The molecule has 3 heterocycles. The summed E-state index contributed by atoms with van der Waals surface area (Å²) in [6.45, 7) is 11.2. The monoisotopic (exact) mass is 421 g/mol. The van der Waals surface area contributed by atoms with Gasteiger partial charge in [-0.3, -0.25) is 14.5 Å². The highest BCUT2D eigenvalue weighted by atomic mass is 16.5. The van der Waals surface area contributed by atoms with Gasteiger partial charge >= 0.3 is 5.69 Å². The van der Waals surface area contributed by atoms with Crippen LogP contribution >= 0.6 is 0 Å². The Balaban J connectivity index is 1.42. The van der Waals surface area contributed by atoms with Gasteiger partial charge in [0.05, 0.1) is 13.2 Å². The number of rotatable bonds is 9. The Labute approximate surface area is 179 Å².